The van der Waals surface area contributed by atoms with Crippen molar-refractivity contribution in [2.75, 3.05) is 13.2 Å². The summed E-state index contributed by atoms with van der Waals surface area (Å²) in [7, 11) is 0. The fraction of sp³-hybridized carbons (Fsp3) is 0.819. The van der Waals surface area contributed by atoms with Gasteiger partial charge in [0.2, 0.25) is 0 Å². The van der Waals surface area contributed by atoms with Crippen LogP contribution in [0.2, 0.25) is 0 Å². The minimum Gasteiger partial charge on any atom is -0.462 e. The highest BCUT2D eigenvalue weighted by Crippen LogP contribution is 2.17. The maximum absolute atomic E-state index is 12.9. The van der Waals surface area contributed by atoms with Crippen LogP contribution in [0.25, 0.3) is 0 Å². The van der Waals surface area contributed by atoms with Crippen LogP contribution >= 0.6 is 0 Å². The number of hydrogen-bond donors (Lipinski definition) is 0. The second-order valence-corrected chi connectivity index (χ2v) is 23.1. The first-order chi connectivity index (χ1) is 38.5. The summed E-state index contributed by atoms with van der Waals surface area (Å²) in [5, 5.41) is 0. The van der Waals surface area contributed by atoms with Gasteiger partial charge in [-0.25, -0.2) is 0 Å². The topological polar surface area (TPSA) is 78.9 Å². The fourth-order valence-corrected chi connectivity index (χ4v) is 10.0. The Bertz CT molecular complexity index is 1390. The Hall–Kier alpha value is -2.89. The largest absolute Gasteiger partial charge is 0.462 e. The van der Waals surface area contributed by atoms with Gasteiger partial charge in [0.25, 0.3) is 0 Å². The summed E-state index contributed by atoms with van der Waals surface area (Å²) in [6, 6.07) is 0. The highest BCUT2D eigenvalue weighted by molar-refractivity contribution is 5.71. The molecule has 0 saturated carbocycles. The number of ether oxygens (including phenoxy) is 3. The Kier molecular flexibility index (Phi) is 64.2. The van der Waals surface area contributed by atoms with E-state index in [0.717, 1.165) is 77.0 Å². The summed E-state index contributed by atoms with van der Waals surface area (Å²) in [4.78, 5) is 38.3. The molecule has 1 atom stereocenters. The maximum atomic E-state index is 12.9. The standard InChI is InChI=1S/C72H130O6/c1-4-7-10-13-16-19-22-25-27-29-30-31-32-33-34-35-36-37-38-39-40-41-42-44-45-47-50-53-56-59-62-65-71(74)77-68-69(67-76-70(73)64-61-58-55-52-49-24-21-18-15-12-9-6-3)78-72(75)66-63-60-57-54-51-48-46-43-28-26-23-20-17-14-11-8-5-2/h18,21-22,25-26,28-30,32-33,69H,4-17,19-20,23-24,27,31,34-68H2,1-3H3/b21-18-,25-22-,28-26-,30-29-,33-32-. The lowest BCUT2D eigenvalue weighted by Gasteiger charge is -2.18. The predicted molar refractivity (Wildman–Crippen MR) is 339 cm³/mol. The molecular weight excluding hydrogens is 961 g/mol. The lowest BCUT2D eigenvalue weighted by atomic mass is 10.0. The van der Waals surface area contributed by atoms with Crippen LogP contribution in [-0.4, -0.2) is 37.2 Å². The normalized spacial score (nSPS) is 12.4. The lowest BCUT2D eigenvalue weighted by molar-refractivity contribution is -0.167. The molecule has 6 heteroatoms. The molecule has 0 N–H and O–H groups in total. The van der Waals surface area contributed by atoms with Crippen LogP contribution in [0.1, 0.15) is 361 Å². The van der Waals surface area contributed by atoms with E-state index < -0.39 is 6.10 Å². The Morgan fingerprint density at radius 3 is 0.756 bits per heavy atom. The van der Waals surface area contributed by atoms with Crippen molar-refractivity contribution in [3.63, 3.8) is 0 Å². The molecule has 0 aromatic carbocycles. The first-order valence-electron chi connectivity index (χ1n) is 34.3. The van der Waals surface area contributed by atoms with Crippen LogP contribution in [-0.2, 0) is 28.6 Å². The van der Waals surface area contributed by atoms with Crippen LogP contribution < -0.4 is 0 Å². The molecule has 0 bridgehead atoms. The Balaban J connectivity index is 4.17. The van der Waals surface area contributed by atoms with Crippen molar-refractivity contribution >= 4 is 17.9 Å². The van der Waals surface area contributed by atoms with E-state index in [1.54, 1.807) is 0 Å². The molecule has 78 heavy (non-hydrogen) atoms. The zero-order chi connectivity index (χ0) is 56.4. The summed E-state index contributed by atoms with van der Waals surface area (Å²) in [5.41, 5.74) is 0. The lowest BCUT2D eigenvalue weighted by Crippen LogP contribution is -2.30. The summed E-state index contributed by atoms with van der Waals surface area (Å²) in [6.07, 6.45) is 85.3. The molecule has 0 fully saturated rings. The van der Waals surface area contributed by atoms with Gasteiger partial charge in [-0.3, -0.25) is 14.4 Å². The van der Waals surface area contributed by atoms with Gasteiger partial charge >= 0.3 is 17.9 Å². The molecule has 0 aromatic rings. The molecule has 1 unspecified atom stereocenters. The predicted octanol–water partition coefficient (Wildman–Crippen LogP) is 23.5. The number of carbonyl (C=O) groups excluding carboxylic acids is 3. The second kappa shape index (κ2) is 66.6. The van der Waals surface area contributed by atoms with Gasteiger partial charge in [0.1, 0.15) is 13.2 Å². The molecule has 0 aromatic heterocycles. The first-order valence-corrected chi connectivity index (χ1v) is 34.3. The van der Waals surface area contributed by atoms with E-state index in [0.29, 0.717) is 19.3 Å². The van der Waals surface area contributed by atoms with Crippen molar-refractivity contribution in [3.8, 4) is 0 Å². The van der Waals surface area contributed by atoms with Gasteiger partial charge in [0.15, 0.2) is 6.10 Å². The number of unbranched alkanes of at least 4 members (excludes halogenated alkanes) is 42. The average Bonchev–Trinajstić information content (AvgIpc) is 3.44. The quantitative estimate of drug-likeness (QED) is 0.0261. The minimum atomic E-state index is -0.779. The molecule has 0 radical (unpaired) electrons. The van der Waals surface area contributed by atoms with Crippen molar-refractivity contribution < 1.29 is 28.6 Å². The monoisotopic (exact) mass is 1090 g/mol. The van der Waals surface area contributed by atoms with Crippen molar-refractivity contribution in [1.29, 1.82) is 0 Å². The van der Waals surface area contributed by atoms with Crippen LogP contribution in [0.15, 0.2) is 60.8 Å². The maximum Gasteiger partial charge on any atom is 0.306 e. The van der Waals surface area contributed by atoms with Crippen molar-refractivity contribution in [1.82, 2.24) is 0 Å². The molecule has 6 nitrogen and oxygen atoms in total. The highest BCUT2D eigenvalue weighted by Gasteiger charge is 2.19. The van der Waals surface area contributed by atoms with E-state index in [2.05, 4.69) is 81.5 Å². The highest BCUT2D eigenvalue weighted by atomic mass is 16.6. The van der Waals surface area contributed by atoms with Crippen molar-refractivity contribution in [2.45, 2.75) is 367 Å². The molecule has 0 aliphatic rings. The zero-order valence-electron chi connectivity index (χ0n) is 52.2. The van der Waals surface area contributed by atoms with Gasteiger partial charge < -0.3 is 14.2 Å². The van der Waals surface area contributed by atoms with Gasteiger partial charge in [0.05, 0.1) is 0 Å². The van der Waals surface area contributed by atoms with Crippen LogP contribution in [0.4, 0.5) is 0 Å². The number of rotatable bonds is 63. The Labute approximate surface area is 485 Å². The SMILES string of the molecule is CCCCC/C=C\CCCCCCCC(=O)OCC(COC(=O)CCCCCCCCCCCCCCCCCC/C=C\C/C=C\C/C=C\CCCCCCC)OC(=O)CCCCCCCCC/C=C\CCCCCCCC. The summed E-state index contributed by atoms with van der Waals surface area (Å²) >= 11 is 0. The number of hydrogen-bond acceptors (Lipinski definition) is 6. The third-order valence-electron chi connectivity index (χ3n) is 15.2. The van der Waals surface area contributed by atoms with E-state index in [9.17, 15) is 14.4 Å². The summed E-state index contributed by atoms with van der Waals surface area (Å²) in [5.74, 6) is -0.871. The van der Waals surface area contributed by atoms with E-state index in [1.807, 2.05) is 0 Å². The summed E-state index contributed by atoms with van der Waals surface area (Å²) < 4.78 is 16.9. The minimum absolute atomic E-state index is 0.0754. The smallest absolute Gasteiger partial charge is 0.306 e. The van der Waals surface area contributed by atoms with E-state index in [4.69, 9.17) is 14.2 Å². The Morgan fingerprint density at radius 1 is 0.256 bits per heavy atom. The Morgan fingerprint density at radius 2 is 0.462 bits per heavy atom. The van der Waals surface area contributed by atoms with E-state index in [1.165, 1.54) is 244 Å². The molecular formula is C72H130O6. The molecule has 0 heterocycles. The van der Waals surface area contributed by atoms with Crippen LogP contribution in [0.5, 0.6) is 0 Å². The summed E-state index contributed by atoms with van der Waals surface area (Å²) in [6.45, 7) is 6.63. The van der Waals surface area contributed by atoms with E-state index >= 15 is 0 Å². The van der Waals surface area contributed by atoms with Crippen LogP contribution in [0.3, 0.4) is 0 Å². The van der Waals surface area contributed by atoms with Gasteiger partial charge in [-0.2, -0.15) is 0 Å². The number of esters is 3. The molecule has 0 rings (SSSR count). The van der Waals surface area contributed by atoms with Crippen LogP contribution in [0, 0.1) is 0 Å². The average molecular weight is 1090 g/mol. The number of allylic oxidation sites excluding steroid dienone is 10. The van der Waals surface area contributed by atoms with E-state index in [-0.39, 0.29) is 31.1 Å². The van der Waals surface area contributed by atoms with Gasteiger partial charge in [-0.1, -0.05) is 293 Å². The third kappa shape index (κ3) is 63.9. The molecule has 0 spiro atoms. The molecule has 0 aliphatic heterocycles. The molecule has 0 amide bonds. The zero-order valence-corrected chi connectivity index (χ0v) is 52.2. The molecule has 454 valence electrons. The first kappa shape index (κ1) is 75.1. The van der Waals surface area contributed by atoms with Crippen molar-refractivity contribution in [2.24, 2.45) is 0 Å². The van der Waals surface area contributed by atoms with Gasteiger partial charge in [-0.05, 0) is 109 Å². The van der Waals surface area contributed by atoms with Gasteiger partial charge in [-0.15, -0.1) is 0 Å². The van der Waals surface area contributed by atoms with Crippen molar-refractivity contribution in [3.05, 3.63) is 60.8 Å². The van der Waals surface area contributed by atoms with Gasteiger partial charge in [0, 0.05) is 19.3 Å². The molecule has 0 aliphatic carbocycles. The fourth-order valence-electron chi connectivity index (χ4n) is 10.0. The molecule has 0 saturated heterocycles. The number of carbonyl (C=O) groups is 3. The second-order valence-electron chi connectivity index (χ2n) is 23.1. The third-order valence-corrected chi connectivity index (χ3v) is 15.2.